The Morgan fingerprint density at radius 2 is 2.22 bits per heavy atom. The quantitative estimate of drug-likeness (QED) is 0.508. The minimum absolute atomic E-state index is 0.0534. The van der Waals surface area contributed by atoms with Crippen LogP contribution in [0.4, 0.5) is 5.69 Å². The molecule has 1 aliphatic rings. The van der Waals surface area contributed by atoms with Crippen molar-refractivity contribution in [3.63, 3.8) is 0 Å². The maximum absolute atomic E-state index is 11.3. The first kappa shape index (κ1) is 12.8. The number of hydrogen-bond donors (Lipinski definition) is 1. The third-order valence-electron chi connectivity index (χ3n) is 2.81. The Hall–Kier alpha value is -1.60. The molecule has 0 radical (unpaired) electrons. The fourth-order valence-electron chi connectivity index (χ4n) is 1.95. The van der Waals surface area contributed by atoms with Gasteiger partial charge in [0.05, 0.1) is 11.0 Å². The highest BCUT2D eigenvalue weighted by atomic mass is 32.2. The summed E-state index contributed by atoms with van der Waals surface area (Å²) in [6.07, 6.45) is 1.59. The van der Waals surface area contributed by atoms with E-state index >= 15 is 0 Å². The van der Waals surface area contributed by atoms with Crippen molar-refractivity contribution in [2.24, 2.45) is 5.73 Å². The molecule has 0 aliphatic carbocycles. The molecule has 18 heavy (non-hydrogen) atoms. The van der Waals surface area contributed by atoms with Gasteiger partial charge in [-0.05, 0) is 30.9 Å². The van der Waals surface area contributed by atoms with Gasteiger partial charge in [0.15, 0.2) is 0 Å². The molecule has 1 saturated heterocycles. The summed E-state index contributed by atoms with van der Waals surface area (Å²) in [6.45, 7) is 0.713. The minimum Gasteiger partial charge on any atom is -0.368 e. The first-order chi connectivity index (χ1) is 8.59. The zero-order valence-corrected chi connectivity index (χ0v) is 10.4. The van der Waals surface area contributed by atoms with Crippen molar-refractivity contribution in [1.82, 2.24) is 4.31 Å². The number of benzene rings is 1. The number of nitrogens with zero attached hydrogens (tertiary/aromatic N) is 2. The number of carbonyl (C=O) groups excluding carboxylic acids is 1. The topological polar surface area (TPSA) is 89.5 Å². The second kappa shape index (κ2) is 5.36. The summed E-state index contributed by atoms with van der Waals surface area (Å²) in [5.74, 6) is -0.376. The van der Waals surface area contributed by atoms with Crippen molar-refractivity contribution >= 4 is 23.5 Å². The minimum atomic E-state index is -0.419. The summed E-state index contributed by atoms with van der Waals surface area (Å²) in [6, 6.07) is 6.16. The van der Waals surface area contributed by atoms with Crippen LogP contribution in [0.15, 0.2) is 29.2 Å². The van der Waals surface area contributed by atoms with Crippen LogP contribution in [0.25, 0.3) is 0 Å². The van der Waals surface area contributed by atoms with Gasteiger partial charge in [-0.15, -0.1) is 0 Å². The van der Waals surface area contributed by atoms with E-state index in [1.54, 1.807) is 18.2 Å². The number of nitro groups is 1. The largest absolute Gasteiger partial charge is 0.368 e. The second-order valence-electron chi connectivity index (χ2n) is 4.02. The Labute approximate surface area is 108 Å². The molecule has 0 saturated carbocycles. The van der Waals surface area contributed by atoms with Gasteiger partial charge < -0.3 is 5.73 Å². The summed E-state index contributed by atoms with van der Waals surface area (Å²) in [4.78, 5) is 22.3. The Kier molecular flexibility index (Phi) is 3.83. The first-order valence-corrected chi connectivity index (χ1v) is 6.34. The smallest absolute Gasteiger partial charge is 0.284 e. The maximum Gasteiger partial charge on any atom is 0.284 e. The predicted octanol–water partition coefficient (Wildman–Crippen LogP) is 1.55. The molecule has 96 valence electrons. The van der Waals surface area contributed by atoms with Crippen molar-refractivity contribution in [2.45, 2.75) is 23.8 Å². The van der Waals surface area contributed by atoms with Crippen molar-refractivity contribution in [3.05, 3.63) is 34.4 Å². The van der Waals surface area contributed by atoms with Gasteiger partial charge in [-0.2, -0.15) is 0 Å². The molecule has 1 atom stereocenters. The van der Waals surface area contributed by atoms with Gasteiger partial charge in [0.1, 0.15) is 4.90 Å². The highest BCUT2D eigenvalue weighted by molar-refractivity contribution is 7.97. The van der Waals surface area contributed by atoms with Gasteiger partial charge in [0.2, 0.25) is 5.91 Å². The molecule has 1 amide bonds. The van der Waals surface area contributed by atoms with E-state index in [0.717, 1.165) is 6.42 Å². The molecule has 0 aromatic heterocycles. The molecule has 0 spiro atoms. The highest BCUT2D eigenvalue weighted by Crippen LogP contribution is 2.35. The lowest BCUT2D eigenvalue weighted by Gasteiger charge is -2.20. The van der Waals surface area contributed by atoms with Gasteiger partial charge in [-0.1, -0.05) is 12.1 Å². The molecule has 0 bridgehead atoms. The van der Waals surface area contributed by atoms with E-state index in [9.17, 15) is 14.9 Å². The summed E-state index contributed by atoms with van der Waals surface area (Å²) >= 11 is 1.23. The molecule has 1 fully saturated rings. The third-order valence-corrected chi connectivity index (χ3v) is 4.02. The summed E-state index contributed by atoms with van der Waals surface area (Å²) in [5, 5.41) is 10.9. The Morgan fingerprint density at radius 3 is 2.89 bits per heavy atom. The summed E-state index contributed by atoms with van der Waals surface area (Å²) < 4.78 is 1.82. The maximum atomic E-state index is 11.3. The zero-order valence-electron chi connectivity index (χ0n) is 9.61. The molecule has 0 unspecified atom stereocenters. The number of nitrogens with two attached hydrogens (primary N) is 1. The van der Waals surface area contributed by atoms with Crippen molar-refractivity contribution < 1.29 is 9.72 Å². The van der Waals surface area contributed by atoms with Gasteiger partial charge >= 0.3 is 0 Å². The summed E-state index contributed by atoms with van der Waals surface area (Å²) in [5.41, 5.74) is 5.37. The monoisotopic (exact) mass is 267 g/mol. The van der Waals surface area contributed by atoms with E-state index in [-0.39, 0.29) is 17.6 Å². The van der Waals surface area contributed by atoms with Crippen molar-refractivity contribution in [1.29, 1.82) is 0 Å². The van der Waals surface area contributed by atoms with E-state index in [0.29, 0.717) is 17.9 Å². The average molecular weight is 267 g/mol. The van der Waals surface area contributed by atoms with Crippen molar-refractivity contribution in [3.8, 4) is 0 Å². The molecule has 1 aliphatic heterocycles. The number of rotatable bonds is 4. The lowest BCUT2D eigenvalue weighted by molar-refractivity contribution is -0.387. The van der Waals surface area contributed by atoms with Crippen molar-refractivity contribution in [2.75, 3.05) is 6.54 Å². The van der Waals surface area contributed by atoms with Crippen LogP contribution in [-0.2, 0) is 4.79 Å². The number of hydrogen-bond acceptors (Lipinski definition) is 5. The molecule has 2 rings (SSSR count). The predicted molar refractivity (Wildman–Crippen MR) is 67.9 cm³/mol. The van der Waals surface area contributed by atoms with E-state index in [1.807, 2.05) is 4.31 Å². The lowest BCUT2D eigenvalue weighted by atomic mass is 10.2. The Morgan fingerprint density at radius 1 is 1.50 bits per heavy atom. The highest BCUT2D eigenvalue weighted by Gasteiger charge is 2.31. The first-order valence-electron chi connectivity index (χ1n) is 5.57. The lowest BCUT2D eigenvalue weighted by Crippen LogP contribution is -2.36. The Balaban J connectivity index is 2.19. The molecular weight excluding hydrogens is 254 g/mol. The van der Waals surface area contributed by atoms with Crippen LogP contribution in [-0.4, -0.2) is 27.7 Å². The molecule has 1 aromatic rings. The van der Waals surface area contributed by atoms with E-state index in [2.05, 4.69) is 0 Å². The number of amides is 1. The normalized spacial score (nSPS) is 19.9. The second-order valence-corrected chi connectivity index (χ2v) is 5.11. The third kappa shape index (κ3) is 2.62. The molecular formula is C11H13N3O3S. The Bertz CT molecular complexity index is 480. The van der Waals surface area contributed by atoms with E-state index in [4.69, 9.17) is 5.73 Å². The fraction of sp³-hybridized carbons (Fsp3) is 0.364. The van der Waals surface area contributed by atoms with E-state index < -0.39 is 4.92 Å². The van der Waals surface area contributed by atoms with Crippen LogP contribution in [0.2, 0.25) is 0 Å². The average Bonchev–Trinajstić information content (AvgIpc) is 2.77. The number of carbonyl (C=O) groups is 1. The summed E-state index contributed by atoms with van der Waals surface area (Å²) in [7, 11) is 0. The van der Waals surface area contributed by atoms with Crippen LogP contribution in [0.5, 0.6) is 0 Å². The van der Waals surface area contributed by atoms with Gasteiger partial charge in [0, 0.05) is 12.6 Å². The molecule has 2 N–H and O–H groups in total. The number of primary amides is 1. The number of nitro benzene ring substituents is 1. The van der Waals surface area contributed by atoms with Gasteiger partial charge in [0.25, 0.3) is 5.69 Å². The zero-order chi connectivity index (χ0) is 13.1. The SMILES string of the molecule is NC(=O)[C@@H]1CCCN1Sc1ccccc1[N+](=O)[O-]. The van der Waals surface area contributed by atoms with Crippen LogP contribution in [0.3, 0.4) is 0 Å². The van der Waals surface area contributed by atoms with E-state index in [1.165, 1.54) is 18.0 Å². The molecule has 1 heterocycles. The van der Waals surface area contributed by atoms with Crippen LogP contribution < -0.4 is 5.73 Å². The van der Waals surface area contributed by atoms with Gasteiger partial charge in [-0.3, -0.25) is 14.9 Å². The van der Waals surface area contributed by atoms with Gasteiger partial charge in [-0.25, -0.2) is 4.31 Å². The van der Waals surface area contributed by atoms with Crippen LogP contribution >= 0.6 is 11.9 Å². The standard InChI is InChI=1S/C11H13N3O3S/c12-11(15)9-5-3-7-13(9)18-10-6-2-1-4-8(10)14(16)17/h1-2,4,6,9H,3,5,7H2,(H2,12,15)/t9-/m0/s1. The van der Waals surface area contributed by atoms with Crippen LogP contribution in [0, 0.1) is 10.1 Å². The number of para-hydroxylation sites is 1. The fourth-order valence-corrected chi connectivity index (χ4v) is 3.13. The molecule has 7 heteroatoms. The molecule has 6 nitrogen and oxygen atoms in total. The van der Waals surface area contributed by atoms with Crippen LogP contribution in [0.1, 0.15) is 12.8 Å². The molecule has 1 aromatic carbocycles.